The van der Waals surface area contributed by atoms with Crippen LogP contribution in [0.15, 0.2) is 30.4 Å². The molecule has 1 fully saturated rings. The van der Waals surface area contributed by atoms with Gasteiger partial charge in [0.15, 0.2) is 0 Å². The van der Waals surface area contributed by atoms with Crippen molar-refractivity contribution in [3.8, 4) is 17.6 Å². The quantitative estimate of drug-likeness (QED) is 0.499. The fraction of sp³-hybridized carbons (Fsp3) is 0.560. The number of fused-ring (bicyclic) bond motifs is 3. The number of hydrogen-bond acceptors (Lipinski definition) is 3. The lowest BCUT2D eigenvalue weighted by Gasteiger charge is -2.19. The molecule has 1 heterocycles. The number of aliphatic hydroxyl groups excluding tert-OH is 1. The Balaban J connectivity index is 1.75. The summed E-state index contributed by atoms with van der Waals surface area (Å²) in [5.74, 6) is 7.34. The highest BCUT2D eigenvalue weighted by Gasteiger charge is 2.48. The van der Waals surface area contributed by atoms with E-state index < -0.39 is 12.1 Å². The lowest BCUT2D eigenvalue weighted by atomic mass is 9.85. The number of carboxylic acid groups (broad SMARTS) is 1. The molecule has 3 rings (SSSR count). The van der Waals surface area contributed by atoms with Gasteiger partial charge >= 0.3 is 5.97 Å². The van der Waals surface area contributed by atoms with E-state index >= 15 is 0 Å². The van der Waals surface area contributed by atoms with E-state index in [4.69, 9.17) is 9.84 Å². The van der Waals surface area contributed by atoms with Gasteiger partial charge in [-0.3, -0.25) is 4.79 Å². The molecule has 1 aromatic rings. The molecule has 1 aromatic carbocycles. The minimum Gasteiger partial charge on any atom is -0.489 e. The smallest absolute Gasteiger partial charge is 0.303 e. The molecule has 4 nitrogen and oxygen atoms in total. The van der Waals surface area contributed by atoms with Gasteiger partial charge in [0, 0.05) is 36.7 Å². The van der Waals surface area contributed by atoms with Gasteiger partial charge in [0.25, 0.3) is 0 Å². The van der Waals surface area contributed by atoms with Gasteiger partial charge in [0.05, 0.1) is 6.10 Å². The van der Waals surface area contributed by atoms with Crippen LogP contribution in [0, 0.1) is 29.6 Å². The van der Waals surface area contributed by atoms with Gasteiger partial charge in [-0.15, -0.1) is 11.8 Å². The second-order valence-electron chi connectivity index (χ2n) is 8.50. The number of para-hydroxylation sites is 1. The van der Waals surface area contributed by atoms with Crippen LogP contribution in [0.1, 0.15) is 63.5 Å². The van der Waals surface area contributed by atoms with Crippen molar-refractivity contribution in [3.05, 3.63) is 41.5 Å². The highest BCUT2D eigenvalue weighted by Crippen LogP contribution is 2.52. The Bertz CT molecular complexity index is 816. The number of aryl methyl sites for hydroxylation is 1. The Labute approximate surface area is 174 Å². The topological polar surface area (TPSA) is 66.8 Å². The first-order valence-corrected chi connectivity index (χ1v) is 10.7. The molecule has 0 spiro atoms. The van der Waals surface area contributed by atoms with E-state index in [1.54, 1.807) is 0 Å². The summed E-state index contributed by atoms with van der Waals surface area (Å²) in [6.07, 6.45) is 6.99. The molecule has 1 aliphatic carbocycles. The first kappa shape index (κ1) is 21.5. The SMILES string of the molecule is CC#CCC(C)[C@H](C)/C=C/C1[C@H](O)C[C@@H]2Oc3c(CCCC(=O)O)cccc3[C@H]12. The fourth-order valence-corrected chi connectivity index (χ4v) is 4.54. The van der Waals surface area contributed by atoms with Gasteiger partial charge in [0.2, 0.25) is 0 Å². The highest BCUT2D eigenvalue weighted by atomic mass is 16.5. The molecule has 1 aliphatic heterocycles. The predicted octanol–water partition coefficient (Wildman–Crippen LogP) is 4.56. The monoisotopic (exact) mass is 396 g/mol. The molecule has 29 heavy (non-hydrogen) atoms. The molecule has 2 unspecified atom stereocenters. The van der Waals surface area contributed by atoms with Crippen molar-refractivity contribution in [3.63, 3.8) is 0 Å². The number of allylic oxidation sites excluding steroid dienone is 1. The predicted molar refractivity (Wildman–Crippen MR) is 114 cm³/mol. The summed E-state index contributed by atoms with van der Waals surface area (Å²) in [6, 6.07) is 6.16. The number of benzene rings is 1. The summed E-state index contributed by atoms with van der Waals surface area (Å²) in [5.41, 5.74) is 2.24. The standard InChI is InChI=1S/C25H32O4/c1-4-5-8-16(2)17(3)13-14-19-21(26)15-22-24(19)20-11-6-9-18(25(20)29-22)10-7-12-23(27)28/h6,9,11,13-14,16-17,19,21-22,24,26H,7-8,10,12,15H2,1-3H3,(H,27,28)/b14-13+/t16?,17-,19?,21-,22+,24+/m1/s1. The van der Waals surface area contributed by atoms with E-state index in [1.807, 2.05) is 19.1 Å². The number of carboxylic acids is 1. The van der Waals surface area contributed by atoms with Gasteiger partial charge in [-0.2, -0.15) is 0 Å². The average Bonchev–Trinajstić information content (AvgIpc) is 3.19. The minimum atomic E-state index is -0.767. The molecule has 0 bridgehead atoms. The van der Waals surface area contributed by atoms with Crippen molar-refractivity contribution >= 4 is 5.97 Å². The van der Waals surface area contributed by atoms with E-state index in [9.17, 15) is 9.90 Å². The number of hydrogen-bond donors (Lipinski definition) is 2. The van der Waals surface area contributed by atoms with Gasteiger partial charge in [0.1, 0.15) is 11.9 Å². The van der Waals surface area contributed by atoms with Crippen molar-refractivity contribution in [2.45, 2.75) is 71.0 Å². The normalized spacial score (nSPS) is 26.9. The van der Waals surface area contributed by atoms with Crippen molar-refractivity contribution in [2.75, 3.05) is 0 Å². The second kappa shape index (κ2) is 9.50. The zero-order valence-electron chi connectivity index (χ0n) is 17.6. The molecule has 4 heteroatoms. The molecule has 0 aromatic heterocycles. The minimum absolute atomic E-state index is 0.00559. The first-order valence-electron chi connectivity index (χ1n) is 10.7. The third-order valence-corrected chi connectivity index (χ3v) is 6.46. The number of aliphatic carboxylic acids is 1. The van der Waals surface area contributed by atoms with E-state index in [2.05, 4.69) is 43.9 Å². The van der Waals surface area contributed by atoms with Gasteiger partial charge < -0.3 is 14.9 Å². The van der Waals surface area contributed by atoms with Crippen molar-refractivity contribution in [1.82, 2.24) is 0 Å². The van der Waals surface area contributed by atoms with E-state index in [1.165, 1.54) is 0 Å². The Kier molecular flexibility index (Phi) is 7.03. The zero-order chi connectivity index (χ0) is 21.0. The van der Waals surface area contributed by atoms with Crippen LogP contribution in [0.25, 0.3) is 0 Å². The van der Waals surface area contributed by atoms with Gasteiger partial charge in [-0.25, -0.2) is 0 Å². The second-order valence-corrected chi connectivity index (χ2v) is 8.50. The summed E-state index contributed by atoms with van der Waals surface area (Å²) >= 11 is 0. The van der Waals surface area contributed by atoms with Gasteiger partial charge in [-0.1, -0.05) is 44.2 Å². The molecule has 6 atom stereocenters. The lowest BCUT2D eigenvalue weighted by Crippen LogP contribution is -2.17. The van der Waals surface area contributed by atoms with Crippen LogP contribution >= 0.6 is 0 Å². The average molecular weight is 397 g/mol. The number of carbonyl (C=O) groups is 1. The maximum atomic E-state index is 10.8. The van der Waals surface area contributed by atoms with Crippen LogP contribution < -0.4 is 4.74 Å². The molecule has 2 N–H and O–H groups in total. The largest absolute Gasteiger partial charge is 0.489 e. The van der Waals surface area contributed by atoms with Crippen LogP contribution in [0.3, 0.4) is 0 Å². The summed E-state index contributed by atoms with van der Waals surface area (Å²) in [6.45, 7) is 6.29. The Hall–Kier alpha value is -2.25. The Morgan fingerprint density at radius 3 is 2.90 bits per heavy atom. The summed E-state index contributed by atoms with van der Waals surface area (Å²) in [7, 11) is 0. The molecule has 1 saturated carbocycles. The van der Waals surface area contributed by atoms with Crippen LogP contribution in [0.2, 0.25) is 0 Å². The van der Waals surface area contributed by atoms with Crippen molar-refractivity contribution in [1.29, 1.82) is 0 Å². The molecular formula is C25H32O4. The number of ether oxygens (including phenoxy) is 1. The third kappa shape index (κ3) is 4.85. The molecule has 156 valence electrons. The molecule has 0 amide bonds. The highest BCUT2D eigenvalue weighted by molar-refractivity contribution is 5.66. The van der Waals surface area contributed by atoms with Crippen molar-refractivity contribution in [2.24, 2.45) is 17.8 Å². The summed E-state index contributed by atoms with van der Waals surface area (Å²) in [5, 5.41) is 19.6. The fourth-order valence-electron chi connectivity index (χ4n) is 4.54. The van der Waals surface area contributed by atoms with Crippen molar-refractivity contribution < 1.29 is 19.7 Å². The van der Waals surface area contributed by atoms with Gasteiger partial charge in [-0.05, 0) is 37.2 Å². The number of aliphatic hydroxyl groups is 1. The zero-order valence-corrected chi connectivity index (χ0v) is 17.6. The van der Waals surface area contributed by atoms with E-state index in [0.29, 0.717) is 31.1 Å². The maximum absolute atomic E-state index is 10.8. The Morgan fingerprint density at radius 1 is 1.38 bits per heavy atom. The van der Waals surface area contributed by atoms with Crippen LogP contribution in [-0.4, -0.2) is 28.4 Å². The maximum Gasteiger partial charge on any atom is 0.303 e. The summed E-state index contributed by atoms with van der Waals surface area (Å²) < 4.78 is 6.27. The van der Waals surface area contributed by atoms with E-state index in [0.717, 1.165) is 23.3 Å². The first-order chi connectivity index (χ1) is 13.9. The van der Waals surface area contributed by atoms with E-state index in [-0.39, 0.29) is 24.4 Å². The number of rotatable bonds is 8. The molecule has 0 radical (unpaired) electrons. The lowest BCUT2D eigenvalue weighted by molar-refractivity contribution is -0.137. The van der Waals surface area contributed by atoms with Crippen LogP contribution in [0.5, 0.6) is 5.75 Å². The third-order valence-electron chi connectivity index (χ3n) is 6.46. The Morgan fingerprint density at radius 2 is 2.17 bits per heavy atom. The van der Waals surface area contributed by atoms with Crippen LogP contribution in [-0.2, 0) is 11.2 Å². The van der Waals surface area contributed by atoms with Crippen LogP contribution in [0.4, 0.5) is 0 Å². The molecule has 2 aliphatic rings. The summed E-state index contributed by atoms with van der Waals surface area (Å²) in [4.78, 5) is 10.8. The molecular weight excluding hydrogens is 364 g/mol. The molecule has 0 saturated heterocycles.